The molecule has 0 saturated carbocycles. The van der Waals surface area contributed by atoms with Crippen LogP contribution < -0.4 is 5.73 Å². The third-order valence-electron chi connectivity index (χ3n) is 3.15. The van der Waals surface area contributed by atoms with Crippen LogP contribution in [0.25, 0.3) is 0 Å². The first-order chi connectivity index (χ1) is 5.89. The Labute approximate surface area is 84.1 Å². The summed E-state index contributed by atoms with van der Waals surface area (Å²) in [4.78, 5) is 0. The average Bonchev–Trinajstić information content (AvgIpc) is 1.97. The summed E-state index contributed by atoms with van der Waals surface area (Å²) >= 11 is 0. The van der Waals surface area contributed by atoms with E-state index in [0.717, 1.165) is 0 Å². The third-order valence-corrected chi connectivity index (χ3v) is 9.46. The molecule has 0 atom stereocenters. The van der Waals surface area contributed by atoms with Crippen LogP contribution in [0.3, 0.4) is 0 Å². The van der Waals surface area contributed by atoms with E-state index in [1.54, 1.807) is 0 Å². The maximum atomic E-state index is 5.40. The standard InChI is InChI=1S/C11H23NSi/c1-9(2)13(8-7-12,10(3)4)11(5)6/h9-11H,12H2,1-6H3. The lowest BCUT2D eigenvalue weighted by molar-refractivity contribution is 0.838. The van der Waals surface area contributed by atoms with Gasteiger partial charge in [0.15, 0.2) is 0 Å². The van der Waals surface area contributed by atoms with Gasteiger partial charge in [-0.15, -0.1) is 5.54 Å². The zero-order valence-electron chi connectivity index (χ0n) is 9.81. The van der Waals surface area contributed by atoms with Crippen LogP contribution in [-0.2, 0) is 0 Å². The van der Waals surface area contributed by atoms with Crippen LogP contribution in [0.2, 0.25) is 16.6 Å². The molecule has 0 rings (SSSR count). The van der Waals surface area contributed by atoms with Gasteiger partial charge in [0.2, 0.25) is 0 Å². The van der Waals surface area contributed by atoms with Crippen LogP contribution in [-0.4, -0.2) is 8.07 Å². The summed E-state index contributed by atoms with van der Waals surface area (Å²) in [5.74, 6) is 0. The van der Waals surface area contributed by atoms with E-state index in [9.17, 15) is 0 Å². The molecule has 0 aliphatic carbocycles. The summed E-state index contributed by atoms with van der Waals surface area (Å²) in [5.41, 5.74) is 10.8. The first-order valence-electron chi connectivity index (χ1n) is 5.12. The topological polar surface area (TPSA) is 26.0 Å². The molecular weight excluding hydrogens is 174 g/mol. The lowest BCUT2D eigenvalue weighted by Crippen LogP contribution is -2.43. The molecule has 0 aromatic carbocycles. The van der Waals surface area contributed by atoms with Gasteiger partial charge in [-0.3, -0.25) is 0 Å². The molecule has 2 N–H and O–H groups in total. The molecule has 2 heteroatoms. The SMILES string of the molecule is CC(C)[Si](C#CN)(C(C)C)C(C)C. The molecule has 0 spiro atoms. The van der Waals surface area contributed by atoms with E-state index in [1.807, 2.05) is 0 Å². The second-order valence-corrected chi connectivity index (χ2v) is 10.2. The molecule has 76 valence electrons. The second kappa shape index (κ2) is 4.71. The zero-order valence-corrected chi connectivity index (χ0v) is 10.8. The molecule has 0 aromatic rings. The van der Waals surface area contributed by atoms with Crippen LogP contribution >= 0.6 is 0 Å². The van der Waals surface area contributed by atoms with Gasteiger partial charge in [0.1, 0.15) is 8.07 Å². The Morgan fingerprint density at radius 2 is 1.15 bits per heavy atom. The second-order valence-electron chi connectivity index (χ2n) is 4.67. The van der Waals surface area contributed by atoms with E-state index in [2.05, 4.69) is 53.1 Å². The summed E-state index contributed by atoms with van der Waals surface area (Å²) < 4.78 is 0. The quantitative estimate of drug-likeness (QED) is 0.420. The van der Waals surface area contributed by atoms with Crippen LogP contribution in [0.4, 0.5) is 0 Å². The van der Waals surface area contributed by atoms with Gasteiger partial charge in [0.25, 0.3) is 0 Å². The molecule has 0 saturated heterocycles. The van der Waals surface area contributed by atoms with Gasteiger partial charge >= 0.3 is 0 Å². The molecule has 0 amide bonds. The van der Waals surface area contributed by atoms with Crippen LogP contribution in [0, 0.1) is 11.6 Å². The Kier molecular flexibility index (Phi) is 4.56. The van der Waals surface area contributed by atoms with Crippen LogP contribution in [0.1, 0.15) is 41.5 Å². The van der Waals surface area contributed by atoms with Gasteiger partial charge in [-0.2, -0.15) is 0 Å². The van der Waals surface area contributed by atoms with Crippen molar-refractivity contribution >= 4 is 8.07 Å². The molecule has 0 heterocycles. The van der Waals surface area contributed by atoms with Crippen molar-refractivity contribution in [3.8, 4) is 11.6 Å². The van der Waals surface area contributed by atoms with Crippen molar-refractivity contribution < 1.29 is 0 Å². The van der Waals surface area contributed by atoms with Crippen molar-refractivity contribution in [3.05, 3.63) is 0 Å². The Morgan fingerprint density at radius 3 is 1.23 bits per heavy atom. The predicted molar refractivity (Wildman–Crippen MR) is 63.0 cm³/mol. The number of hydrogen-bond donors (Lipinski definition) is 1. The van der Waals surface area contributed by atoms with E-state index in [4.69, 9.17) is 5.73 Å². The highest BCUT2D eigenvalue weighted by molar-refractivity contribution is 6.90. The Bertz CT molecular complexity index is 186. The molecule has 0 bridgehead atoms. The third kappa shape index (κ3) is 2.28. The van der Waals surface area contributed by atoms with Crippen molar-refractivity contribution in [2.45, 2.75) is 58.2 Å². The monoisotopic (exact) mass is 197 g/mol. The number of rotatable bonds is 3. The summed E-state index contributed by atoms with van der Waals surface area (Å²) in [5, 5.41) is 0. The molecule has 0 fully saturated rings. The van der Waals surface area contributed by atoms with Gasteiger partial charge in [0, 0.05) is 0 Å². The zero-order chi connectivity index (χ0) is 10.6. The molecule has 0 aromatic heterocycles. The highest BCUT2D eigenvalue weighted by Crippen LogP contribution is 2.40. The highest BCUT2D eigenvalue weighted by atomic mass is 28.3. The number of hydrogen-bond acceptors (Lipinski definition) is 1. The smallest absolute Gasteiger partial charge is 0.148 e. The van der Waals surface area contributed by atoms with Gasteiger partial charge in [-0.1, -0.05) is 41.5 Å². The summed E-state index contributed by atoms with van der Waals surface area (Å²) in [7, 11) is -1.51. The lowest BCUT2D eigenvalue weighted by Gasteiger charge is -2.37. The minimum atomic E-state index is -1.51. The summed E-state index contributed by atoms with van der Waals surface area (Å²) in [6, 6.07) is 2.66. The molecule has 0 aliphatic heterocycles. The maximum absolute atomic E-state index is 5.40. The maximum Gasteiger partial charge on any atom is 0.148 e. The molecule has 1 nitrogen and oxygen atoms in total. The molecule has 0 radical (unpaired) electrons. The largest absolute Gasteiger partial charge is 0.360 e. The Hall–Kier alpha value is -0.423. The van der Waals surface area contributed by atoms with Gasteiger partial charge in [-0.05, 0) is 22.7 Å². The highest BCUT2D eigenvalue weighted by Gasteiger charge is 2.41. The Balaban J connectivity index is 5.14. The molecule has 0 aliphatic rings. The van der Waals surface area contributed by atoms with E-state index in [1.165, 1.54) is 0 Å². The summed E-state index contributed by atoms with van der Waals surface area (Å²) in [6.45, 7) is 13.7. The fraction of sp³-hybridized carbons (Fsp3) is 0.818. The normalized spacial score (nSPS) is 12.1. The van der Waals surface area contributed by atoms with E-state index >= 15 is 0 Å². The summed E-state index contributed by atoms with van der Waals surface area (Å²) in [6.07, 6.45) is 0. The van der Waals surface area contributed by atoms with Crippen molar-refractivity contribution in [3.63, 3.8) is 0 Å². The van der Waals surface area contributed by atoms with Gasteiger partial charge in [-0.25, -0.2) is 0 Å². The fourth-order valence-corrected chi connectivity index (χ4v) is 7.67. The van der Waals surface area contributed by atoms with E-state index in [0.29, 0.717) is 16.6 Å². The average molecular weight is 197 g/mol. The predicted octanol–water partition coefficient (Wildman–Crippen LogP) is 3.12. The van der Waals surface area contributed by atoms with E-state index < -0.39 is 8.07 Å². The molecule has 0 unspecified atom stereocenters. The molecule has 13 heavy (non-hydrogen) atoms. The van der Waals surface area contributed by atoms with Crippen molar-refractivity contribution in [1.82, 2.24) is 0 Å². The Morgan fingerprint density at radius 1 is 0.846 bits per heavy atom. The first kappa shape index (κ1) is 12.6. The van der Waals surface area contributed by atoms with E-state index in [-0.39, 0.29) is 0 Å². The van der Waals surface area contributed by atoms with Crippen molar-refractivity contribution in [2.24, 2.45) is 5.73 Å². The first-order valence-corrected chi connectivity index (χ1v) is 7.35. The van der Waals surface area contributed by atoms with Crippen LogP contribution in [0.5, 0.6) is 0 Å². The lowest BCUT2D eigenvalue weighted by atomic mass is 10.5. The fourth-order valence-electron chi connectivity index (χ4n) is 2.56. The molecular formula is C11H23NSi. The minimum absolute atomic E-state index is 0.684. The van der Waals surface area contributed by atoms with Gasteiger partial charge in [0.05, 0.1) is 0 Å². The minimum Gasteiger partial charge on any atom is -0.360 e. The van der Waals surface area contributed by atoms with Crippen molar-refractivity contribution in [1.29, 1.82) is 0 Å². The van der Waals surface area contributed by atoms with Crippen LogP contribution in [0.15, 0.2) is 0 Å². The van der Waals surface area contributed by atoms with Gasteiger partial charge < -0.3 is 5.73 Å². The van der Waals surface area contributed by atoms with Crippen molar-refractivity contribution in [2.75, 3.05) is 0 Å². The number of nitrogens with two attached hydrogens (primary N) is 1.